The lowest BCUT2D eigenvalue weighted by atomic mass is 9.47. The first-order chi connectivity index (χ1) is 14.6. The second-order valence-electron chi connectivity index (χ2n) is 12.3. The van der Waals surface area contributed by atoms with Crippen LogP contribution in [0, 0.1) is 40.4 Å². The standard InChI is InChI=1S/C28H42O3/c1-18(2)19(3)7-8-20(4)22-9-10-23-25(22,5)13-12-24-26(6)14-11-21(29)17-27(26)15-16-28(23,24)31-30-27/h7-8,12,15-16,18-23,29H,9-11,13-14,17H2,1-6H3/t19?,20?,21?,22?,23?,25-,26-,27?,28-/m1/s1. The first-order valence-corrected chi connectivity index (χ1v) is 12.7. The van der Waals surface area contributed by atoms with Gasteiger partial charge in [0.1, 0.15) is 11.2 Å². The summed E-state index contributed by atoms with van der Waals surface area (Å²) in [6.45, 7) is 14.2. The third-order valence-corrected chi connectivity index (χ3v) is 10.5. The summed E-state index contributed by atoms with van der Waals surface area (Å²) < 4.78 is 0. The van der Waals surface area contributed by atoms with Crippen molar-refractivity contribution < 1.29 is 14.9 Å². The third kappa shape index (κ3) is 2.82. The highest BCUT2D eigenvalue weighted by atomic mass is 17.2. The molecule has 172 valence electrons. The Morgan fingerprint density at radius 2 is 1.81 bits per heavy atom. The van der Waals surface area contributed by atoms with E-state index in [2.05, 4.69) is 71.9 Å². The first kappa shape index (κ1) is 21.9. The molecule has 9 atom stereocenters. The number of rotatable bonds is 4. The summed E-state index contributed by atoms with van der Waals surface area (Å²) in [5.74, 6) is 2.98. The molecule has 2 spiro atoms. The van der Waals surface area contributed by atoms with Crippen molar-refractivity contribution in [1.82, 2.24) is 0 Å². The number of hydrogen-bond donors (Lipinski definition) is 1. The Labute approximate surface area is 188 Å². The van der Waals surface area contributed by atoms with Crippen molar-refractivity contribution in [3.63, 3.8) is 0 Å². The Morgan fingerprint density at radius 3 is 2.48 bits per heavy atom. The predicted octanol–water partition coefficient (Wildman–Crippen LogP) is 6.39. The summed E-state index contributed by atoms with van der Waals surface area (Å²) in [6.07, 6.45) is 17.8. The van der Waals surface area contributed by atoms with E-state index in [0.29, 0.717) is 36.0 Å². The van der Waals surface area contributed by atoms with Gasteiger partial charge in [0.15, 0.2) is 0 Å². The number of hydrogen-bond acceptors (Lipinski definition) is 3. The average molecular weight is 427 g/mol. The van der Waals surface area contributed by atoms with Crippen molar-refractivity contribution in [1.29, 1.82) is 0 Å². The highest BCUT2D eigenvalue weighted by Crippen LogP contribution is 2.71. The number of aliphatic hydroxyl groups excluding tert-OH is 1. The van der Waals surface area contributed by atoms with Crippen LogP contribution in [0.2, 0.25) is 0 Å². The van der Waals surface area contributed by atoms with E-state index in [4.69, 9.17) is 9.78 Å². The molecule has 0 radical (unpaired) electrons. The molecule has 2 heterocycles. The van der Waals surface area contributed by atoms with Crippen LogP contribution in [0.15, 0.2) is 36.0 Å². The van der Waals surface area contributed by atoms with Gasteiger partial charge in [0, 0.05) is 17.8 Å². The van der Waals surface area contributed by atoms with Crippen molar-refractivity contribution in [2.45, 2.75) is 97.4 Å². The largest absolute Gasteiger partial charge is 0.393 e. The summed E-state index contributed by atoms with van der Waals surface area (Å²) in [6, 6.07) is 0. The lowest BCUT2D eigenvalue weighted by molar-refractivity contribution is -0.455. The molecule has 1 saturated heterocycles. The van der Waals surface area contributed by atoms with E-state index in [0.717, 1.165) is 19.3 Å². The molecule has 1 N–H and O–H groups in total. The molecule has 2 bridgehead atoms. The number of aliphatic hydroxyl groups is 1. The third-order valence-electron chi connectivity index (χ3n) is 10.5. The molecule has 6 aliphatic rings. The fourth-order valence-electron chi connectivity index (χ4n) is 8.01. The van der Waals surface area contributed by atoms with Crippen LogP contribution in [-0.4, -0.2) is 22.4 Å². The van der Waals surface area contributed by atoms with Gasteiger partial charge in [-0.3, -0.25) is 0 Å². The van der Waals surface area contributed by atoms with Gasteiger partial charge in [0.05, 0.1) is 6.10 Å². The Hall–Kier alpha value is -0.900. The van der Waals surface area contributed by atoms with Crippen molar-refractivity contribution in [3.05, 3.63) is 36.0 Å². The fraction of sp³-hybridized carbons (Fsp3) is 0.786. The molecule has 0 aromatic carbocycles. The van der Waals surface area contributed by atoms with Crippen molar-refractivity contribution in [2.24, 2.45) is 40.4 Å². The van der Waals surface area contributed by atoms with Crippen LogP contribution in [0.4, 0.5) is 0 Å². The zero-order valence-electron chi connectivity index (χ0n) is 20.4. The van der Waals surface area contributed by atoms with Gasteiger partial charge in [0.25, 0.3) is 0 Å². The predicted molar refractivity (Wildman–Crippen MR) is 124 cm³/mol. The first-order valence-electron chi connectivity index (χ1n) is 12.7. The van der Waals surface area contributed by atoms with Gasteiger partial charge in [-0.1, -0.05) is 59.8 Å². The second kappa shape index (κ2) is 7.05. The number of fused-ring (bicyclic) bond motifs is 2. The van der Waals surface area contributed by atoms with Crippen LogP contribution in [0.3, 0.4) is 0 Å². The average Bonchev–Trinajstić information content (AvgIpc) is 3.09. The molecule has 3 nitrogen and oxygen atoms in total. The molecule has 0 aromatic rings. The van der Waals surface area contributed by atoms with Crippen LogP contribution in [0.1, 0.15) is 80.1 Å². The number of allylic oxidation sites excluding steroid dienone is 3. The lowest BCUT2D eigenvalue weighted by Crippen LogP contribution is -2.69. The summed E-state index contributed by atoms with van der Waals surface area (Å²) in [5, 5.41) is 10.4. The van der Waals surface area contributed by atoms with E-state index in [1.165, 1.54) is 18.4 Å². The molecule has 3 fully saturated rings. The van der Waals surface area contributed by atoms with Crippen molar-refractivity contribution in [3.8, 4) is 0 Å². The molecule has 3 heteroatoms. The molecule has 31 heavy (non-hydrogen) atoms. The quantitative estimate of drug-likeness (QED) is 0.418. The van der Waals surface area contributed by atoms with Gasteiger partial charge < -0.3 is 5.11 Å². The Morgan fingerprint density at radius 1 is 1.03 bits per heavy atom. The van der Waals surface area contributed by atoms with Crippen LogP contribution < -0.4 is 0 Å². The highest BCUT2D eigenvalue weighted by Gasteiger charge is 2.71. The molecule has 2 saturated carbocycles. The zero-order valence-corrected chi connectivity index (χ0v) is 20.4. The molecule has 0 aromatic heterocycles. The van der Waals surface area contributed by atoms with E-state index in [1.54, 1.807) is 0 Å². The SMILES string of the molecule is CC(C)C(C)C=CC(C)C1CCC2[C@]1(C)CC=C1[C@@]23C=CC2(CC(O)CC[C@]12C)OO3. The van der Waals surface area contributed by atoms with Gasteiger partial charge in [-0.15, -0.1) is 0 Å². The maximum Gasteiger partial charge on any atom is 0.147 e. The van der Waals surface area contributed by atoms with Gasteiger partial charge in [-0.25, -0.2) is 9.78 Å². The topological polar surface area (TPSA) is 38.7 Å². The summed E-state index contributed by atoms with van der Waals surface area (Å²) >= 11 is 0. The minimum Gasteiger partial charge on any atom is -0.393 e. The lowest BCUT2D eigenvalue weighted by Gasteiger charge is -2.66. The monoisotopic (exact) mass is 426 g/mol. The fourth-order valence-corrected chi connectivity index (χ4v) is 8.01. The van der Waals surface area contributed by atoms with E-state index >= 15 is 0 Å². The van der Waals surface area contributed by atoms with Crippen LogP contribution in [0.25, 0.3) is 0 Å². The summed E-state index contributed by atoms with van der Waals surface area (Å²) in [7, 11) is 0. The Bertz CT molecular complexity index is 826. The Balaban J connectivity index is 1.48. The van der Waals surface area contributed by atoms with Crippen LogP contribution in [-0.2, 0) is 9.78 Å². The maximum atomic E-state index is 10.4. The second-order valence-corrected chi connectivity index (χ2v) is 12.3. The molecule has 4 aliphatic carbocycles. The van der Waals surface area contributed by atoms with E-state index in [-0.39, 0.29) is 16.9 Å². The van der Waals surface area contributed by atoms with E-state index in [9.17, 15) is 5.11 Å². The highest BCUT2D eigenvalue weighted by molar-refractivity contribution is 5.48. The Kier molecular flexibility index (Phi) is 4.98. The van der Waals surface area contributed by atoms with Gasteiger partial charge in [-0.2, -0.15) is 0 Å². The van der Waals surface area contributed by atoms with Crippen LogP contribution in [0.5, 0.6) is 0 Å². The molecule has 6 rings (SSSR count). The molecular formula is C28H42O3. The molecular weight excluding hydrogens is 384 g/mol. The minimum atomic E-state index is -0.507. The van der Waals surface area contributed by atoms with E-state index in [1.807, 2.05) is 0 Å². The maximum absolute atomic E-state index is 10.4. The van der Waals surface area contributed by atoms with Crippen molar-refractivity contribution >= 4 is 0 Å². The van der Waals surface area contributed by atoms with E-state index < -0.39 is 11.2 Å². The summed E-state index contributed by atoms with van der Waals surface area (Å²) in [4.78, 5) is 12.6. The minimum absolute atomic E-state index is 0.0726. The van der Waals surface area contributed by atoms with Crippen LogP contribution >= 0.6 is 0 Å². The summed E-state index contributed by atoms with van der Waals surface area (Å²) in [5.41, 5.74) is 0.656. The zero-order chi connectivity index (χ0) is 22.2. The van der Waals surface area contributed by atoms with Gasteiger partial charge >= 0.3 is 0 Å². The molecule has 0 amide bonds. The van der Waals surface area contributed by atoms with Gasteiger partial charge in [-0.05, 0) is 78.9 Å². The van der Waals surface area contributed by atoms with Gasteiger partial charge in [0.2, 0.25) is 0 Å². The smallest absolute Gasteiger partial charge is 0.147 e. The molecule has 2 aliphatic heterocycles. The normalized spacial score (nSPS) is 50.2. The van der Waals surface area contributed by atoms with Crippen molar-refractivity contribution in [2.75, 3.05) is 0 Å². The molecule has 6 unspecified atom stereocenters.